The SMILES string of the molecule is CC(C)C1=C(C(C)C)c2cc3[nH]c(cc4[nH]c(cc5nc(cc1n2)C(C(C)C)=C5C(C)C)c(C(C)C)c4C(C)C)c(C(C)C)c3C(C)C.[Al][Cl]. The van der Waals surface area contributed by atoms with Crippen molar-refractivity contribution >= 4 is 69.8 Å². The molecule has 0 aliphatic carbocycles. The highest BCUT2D eigenvalue weighted by molar-refractivity contribution is 6.80. The minimum absolute atomic E-state index is 0.335. The minimum atomic E-state index is 0.335. The van der Waals surface area contributed by atoms with Crippen LogP contribution in [0.5, 0.6) is 0 Å². The quantitative estimate of drug-likeness (QED) is 0.229. The van der Waals surface area contributed by atoms with Gasteiger partial charge in [0.2, 0.25) is 0 Å². The Morgan fingerprint density at radius 1 is 0.360 bits per heavy atom. The number of aromatic nitrogens is 4. The molecule has 0 saturated heterocycles. The molecule has 0 unspecified atom stereocenters. The molecule has 2 N–H and O–H groups in total. The topological polar surface area (TPSA) is 57.4 Å². The van der Waals surface area contributed by atoms with Crippen LogP contribution in [0.3, 0.4) is 0 Å². The zero-order valence-electron chi connectivity index (χ0n) is 33.8. The summed E-state index contributed by atoms with van der Waals surface area (Å²) < 4.78 is 0. The van der Waals surface area contributed by atoms with Crippen LogP contribution < -0.4 is 0 Å². The van der Waals surface area contributed by atoms with Crippen LogP contribution in [0.25, 0.3) is 44.4 Å². The first-order valence-electron chi connectivity index (χ1n) is 19.0. The number of rotatable bonds is 8. The van der Waals surface area contributed by atoms with Crippen LogP contribution in [-0.2, 0) is 0 Å². The molecular formula is C44H62AlClN4. The fraction of sp³-hybridized carbons (Fsp3) is 0.545. The van der Waals surface area contributed by atoms with Gasteiger partial charge in [-0.15, -0.1) is 0 Å². The van der Waals surface area contributed by atoms with E-state index in [1.807, 2.05) is 15.4 Å². The molecule has 0 amide bonds. The van der Waals surface area contributed by atoms with E-state index in [2.05, 4.69) is 155 Å². The van der Waals surface area contributed by atoms with Gasteiger partial charge in [0.25, 0.3) is 15.4 Å². The second kappa shape index (κ2) is 16.0. The van der Waals surface area contributed by atoms with E-state index >= 15 is 0 Å². The summed E-state index contributed by atoms with van der Waals surface area (Å²) >= 11 is 1.89. The van der Waals surface area contributed by atoms with Crippen molar-refractivity contribution in [3.05, 3.63) is 69.3 Å². The number of hydrogen-bond donors (Lipinski definition) is 2. The molecule has 2 radical (unpaired) electrons. The van der Waals surface area contributed by atoms with Crippen molar-refractivity contribution in [2.45, 2.75) is 134 Å². The maximum Gasteiger partial charge on any atom is 0.293 e. The third-order valence-electron chi connectivity index (χ3n) is 10.2. The first-order chi connectivity index (χ1) is 23.4. The third kappa shape index (κ3) is 7.49. The van der Waals surface area contributed by atoms with Crippen LogP contribution in [0.1, 0.15) is 179 Å². The maximum atomic E-state index is 5.49. The molecule has 0 fully saturated rings. The summed E-state index contributed by atoms with van der Waals surface area (Å²) in [6.07, 6.45) is 0. The van der Waals surface area contributed by atoms with Crippen molar-refractivity contribution in [3.8, 4) is 0 Å². The molecule has 3 aromatic rings. The molecule has 2 aliphatic heterocycles. The maximum absolute atomic E-state index is 5.49. The van der Waals surface area contributed by atoms with E-state index < -0.39 is 0 Å². The Kier molecular flexibility index (Phi) is 12.8. The molecule has 4 nitrogen and oxygen atoms in total. The van der Waals surface area contributed by atoms with E-state index in [-0.39, 0.29) is 0 Å². The van der Waals surface area contributed by atoms with Gasteiger partial charge < -0.3 is 9.97 Å². The lowest BCUT2D eigenvalue weighted by molar-refractivity contribution is 0.807. The zero-order chi connectivity index (χ0) is 37.5. The number of H-pyrrole nitrogens is 2. The predicted molar refractivity (Wildman–Crippen MR) is 222 cm³/mol. The Morgan fingerprint density at radius 2 is 0.580 bits per heavy atom. The van der Waals surface area contributed by atoms with Gasteiger partial charge >= 0.3 is 0 Å². The van der Waals surface area contributed by atoms with Gasteiger partial charge in [-0.1, -0.05) is 111 Å². The molecule has 0 atom stereocenters. The highest BCUT2D eigenvalue weighted by Gasteiger charge is 2.29. The lowest BCUT2D eigenvalue weighted by Crippen LogP contribution is -2.00. The largest absolute Gasteiger partial charge is 0.355 e. The molecule has 3 aromatic heterocycles. The van der Waals surface area contributed by atoms with Gasteiger partial charge in [-0.2, -0.15) is 0 Å². The average molecular weight is 709 g/mol. The first kappa shape index (κ1) is 40.2. The van der Waals surface area contributed by atoms with Crippen molar-refractivity contribution in [1.82, 2.24) is 19.9 Å². The Hall–Kier alpha value is -2.58. The fourth-order valence-electron chi connectivity index (χ4n) is 8.55. The number of nitrogens with zero attached hydrogens (tertiary/aromatic N) is 2. The van der Waals surface area contributed by atoms with E-state index in [4.69, 9.17) is 9.97 Å². The van der Waals surface area contributed by atoms with Crippen LogP contribution >= 0.6 is 10.0 Å². The lowest BCUT2D eigenvalue weighted by Gasteiger charge is -2.16. The summed E-state index contributed by atoms with van der Waals surface area (Å²) in [4.78, 5) is 18.9. The van der Waals surface area contributed by atoms with E-state index in [9.17, 15) is 0 Å². The molecule has 6 heteroatoms. The molecule has 8 bridgehead atoms. The zero-order valence-corrected chi connectivity index (χ0v) is 35.7. The molecular weight excluding hydrogens is 647 g/mol. The van der Waals surface area contributed by atoms with Crippen molar-refractivity contribution < 1.29 is 0 Å². The smallest absolute Gasteiger partial charge is 0.293 e. The number of fused-ring (bicyclic) bond motifs is 8. The van der Waals surface area contributed by atoms with E-state index in [1.54, 1.807) is 0 Å². The normalized spacial score (nSPS) is 13.9. The molecule has 0 aromatic carbocycles. The Labute approximate surface area is 315 Å². The second-order valence-electron chi connectivity index (χ2n) is 16.8. The predicted octanol–water partition coefficient (Wildman–Crippen LogP) is 13.6. The monoisotopic (exact) mass is 708 g/mol. The van der Waals surface area contributed by atoms with Crippen LogP contribution in [0.15, 0.2) is 24.3 Å². The van der Waals surface area contributed by atoms with Gasteiger partial charge in [0.1, 0.15) is 0 Å². The number of aromatic amines is 2. The van der Waals surface area contributed by atoms with E-state index in [1.165, 1.54) is 66.6 Å². The van der Waals surface area contributed by atoms with Gasteiger partial charge in [-0.05, 0) is 116 Å². The summed E-state index contributed by atoms with van der Waals surface area (Å²) in [7, 11) is 4.56. The summed E-state index contributed by atoms with van der Waals surface area (Å²) in [6, 6.07) is 9.41. The number of hydrogen-bond acceptors (Lipinski definition) is 2. The lowest BCUT2D eigenvalue weighted by atomic mass is 9.86. The second-order valence-corrected chi connectivity index (χ2v) is 16.8. The van der Waals surface area contributed by atoms with Gasteiger partial charge in [0.15, 0.2) is 0 Å². The van der Waals surface area contributed by atoms with Crippen LogP contribution in [0.4, 0.5) is 0 Å². The first-order valence-corrected chi connectivity index (χ1v) is 20.7. The van der Waals surface area contributed by atoms with Gasteiger partial charge in [-0.3, -0.25) is 10.0 Å². The van der Waals surface area contributed by atoms with Gasteiger partial charge in [-0.25, -0.2) is 9.97 Å². The van der Waals surface area contributed by atoms with Crippen LogP contribution in [0.2, 0.25) is 0 Å². The standard InChI is InChI=1S/C44H62N4.Al.ClH/c1-21(2)37-29-17-31-39(23(5)6)41(25(9)10)33(46-31)19-35-43(27(13)14)44(28(15)16)36(48-35)20-34-42(26(11)12)40(24(7)8)32(47-34)18-30(45-29)38(37)22(3)4;;/h17-28,45-46H,1-16H3;;1H/q;+1;/p-1. The fourth-order valence-corrected chi connectivity index (χ4v) is 8.55. The molecule has 50 heavy (non-hydrogen) atoms. The Morgan fingerprint density at radius 3 is 0.800 bits per heavy atom. The Bertz CT molecular complexity index is 1810. The highest BCUT2D eigenvalue weighted by atomic mass is 35.6. The summed E-state index contributed by atoms with van der Waals surface area (Å²) in [6.45, 7) is 37.2. The number of allylic oxidation sites excluding steroid dienone is 4. The molecule has 5 rings (SSSR count). The van der Waals surface area contributed by atoms with Crippen LogP contribution in [0, 0.1) is 23.7 Å². The summed E-state index contributed by atoms with van der Waals surface area (Å²) in [5.41, 5.74) is 20.1. The molecule has 2 aliphatic rings. The van der Waals surface area contributed by atoms with E-state index in [0.29, 0.717) is 47.3 Å². The number of halogens is 1. The van der Waals surface area contributed by atoms with Crippen molar-refractivity contribution in [2.24, 2.45) is 23.7 Å². The molecule has 5 heterocycles. The van der Waals surface area contributed by atoms with E-state index in [0.717, 1.165) is 22.8 Å². The minimum Gasteiger partial charge on any atom is -0.355 e. The summed E-state index contributed by atoms with van der Waals surface area (Å²) in [5, 5.41) is 0. The molecule has 0 saturated carbocycles. The van der Waals surface area contributed by atoms with Crippen LogP contribution in [-0.4, -0.2) is 35.3 Å². The number of nitrogens with one attached hydrogen (secondary N) is 2. The van der Waals surface area contributed by atoms with Gasteiger partial charge in [0, 0.05) is 22.1 Å². The molecule has 268 valence electrons. The van der Waals surface area contributed by atoms with Crippen molar-refractivity contribution in [1.29, 1.82) is 0 Å². The Balaban J connectivity index is 0.00000276. The van der Waals surface area contributed by atoms with Crippen molar-refractivity contribution in [2.75, 3.05) is 0 Å². The highest BCUT2D eigenvalue weighted by Crippen LogP contribution is 2.45. The third-order valence-corrected chi connectivity index (χ3v) is 10.2. The molecule has 0 spiro atoms. The van der Waals surface area contributed by atoms with Crippen molar-refractivity contribution in [3.63, 3.8) is 0 Å². The summed E-state index contributed by atoms with van der Waals surface area (Å²) in [5.74, 6) is 2.80. The average Bonchev–Trinajstić information content (AvgIpc) is 3.74. The van der Waals surface area contributed by atoms with Gasteiger partial charge in [0.05, 0.1) is 22.8 Å².